The molecule has 0 aromatic carbocycles. The standard InChI is InChI=1S/C27H28FN7/c28-23-12-21(4-7-30-23)32-26-24-20(5-8-35(24)34-25(33-26)22-3-1-2-6-29-22)16-31-27-13-17-9-18(14-27)11-19(10-17)15-27/h1-8,12,17-19,31H,9-11,13-16H2,(H,30,32,33,34). The van der Waals surface area contributed by atoms with Crippen molar-refractivity contribution in [1.29, 1.82) is 0 Å². The topological polar surface area (TPSA) is 80.0 Å². The summed E-state index contributed by atoms with van der Waals surface area (Å²) >= 11 is 0. The number of halogens is 1. The Hall–Kier alpha value is -3.39. The van der Waals surface area contributed by atoms with Crippen LogP contribution in [0.4, 0.5) is 15.9 Å². The van der Waals surface area contributed by atoms with Gasteiger partial charge in [0, 0.05) is 42.4 Å². The lowest BCUT2D eigenvalue weighted by atomic mass is 9.53. The highest BCUT2D eigenvalue weighted by Crippen LogP contribution is 2.55. The minimum atomic E-state index is -0.538. The van der Waals surface area contributed by atoms with Crippen molar-refractivity contribution in [2.75, 3.05) is 5.32 Å². The second kappa shape index (κ2) is 8.09. The van der Waals surface area contributed by atoms with Gasteiger partial charge < -0.3 is 10.6 Å². The predicted molar refractivity (Wildman–Crippen MR) is 131 cm³/mol. The number of nitrogens with one attached hydrogen (secondary N) is 2. The van der Waals surface area contributed by atoms with Crippen molar-refractivity contribution < 1.29 is 4.39 Å². The highest BCUT2D eigenvalue weighted by atomic mass is 19.1. The molecule has 0 radical (unpaired) electrons. The Kier molecular flexibility index (Phi) is 4.84. The second-order valence-electron chi connectivity index (χ2n) is 10.7. The van der Waals surface area contributed by atoms with Gasteiger partial charge in [-0.05, 0) is 86.1 Å². The summed E-state index contributed by atoms with van der Waals surface area (Å²) in [7, 11) is 0. The van der Waals surface area contributed by atoms with E-state index in [4.69, 9.17) is 10.1 Å². The average molecular weight is 470 g/mol. The SMILES string of the molecule is Fc1cc(Nc2nc(-c3ccccn3)nn3ccc(CNC45CC6CC(CC(C6)C4)C5)c23)ccn1. The molecule has 4 aliphatic carbocycles. The summed E-state index contributed by atoms with van der Waals surface area (Å²) in [6.45, 7) is 0.758. The fraction of sp³-hybridized carbons (Fsp3) is 0.407. The molecule has 0 spiro atoms. The van der Waals surface area contributed by atoms with E-state index >= 15 is 0 Å². The zero-order chi connectivity index (χ0) is 23.4. The van der Waals surface area contributed by atoms with E-state index in [1.165, 1.54) is 50.8 Å². The molecule has 2 N–H and O–H groups in total. The van der Waals surface area contributed by atoms with Gasteiger partial charge in [-0.15, -0.1) is 5.10 Å². The molecule has 4 saturated carbocycles. The van der Waals surface area contributed by atoms with E-state index in [1.54, 1.807) is 12.3 Å². The van der Waals surface area contributed by atoms with Crippen LogP contribution in [0.25, 0.3) is 17.0 Å². The van der Waals surface area contributed by atoms with E-state index in [1.807, 2.05) is 28.9 Å². The minimum absolute atomic E-state index is 0.263. The van der Waals surface area contributed by atoms with Crippen LogP contribution < -0.4 is 10.6 Å². The van der Waals surface area contributed by atoms with Crippen molar-refractivity contribution in [3.63, 3.8) is 0 Å². The first-order valence-corrected chi connectivity index (χ1v) is 12.6. The predicted octanol–water partition coefficient (Wildman–Crippen LogP) is 5.13. The van der Waals surface area contributed by atoms with Crippen LogP contribution in [0, 0.1) is 23.7 Å². The van der Waals surface area contributed by atoms with Gasteiger partial charge in [0.25, 0.3) is 0 Å². The van der Waals surface area contributed by atoms with Crippen molar-refractivity contribution in [2.45, 2.75) is 50.6 Å². The smallest absolute Gasteiger partial charge is 0.214 e. The number of aromatic nitrogens is 5. The molecular formula is C27H28FN7. The summed E-state index contributed by atoms with van der Waals surface area (Å²) in [6.07, 6.45) is 13.3. The monoisotopic (exact) mass is 469 g/mol. The second-order valence-corrected chi connectivity index (χ2v) is 10.7. The van der Waals surface area contributed by atoms with Crippen LogP contribution in [0.5, 0.6) is 0 Å². The van der Waals surface area contributed by atoms with E-state index in [9.17, 15) is 4.39 Å². The van der Waals surface area contributed by atoms with Crippen LogP contribution in [-0.2, 0) is 6.54 Å². The summed E-state index contributed by atoms with van der Waals surface area (Å²) in [5.41, 5.74) is 3.55. The molecule has 4 bridgehead atoms. The first-order chi connectivity index (χ1) is 17.1. The highest BCUT2D eigenvalue weighted by molar-refractivity contribution is 5.78. The summed E-state index contributed by atoms with van der Waals surface area (Å²) < 4.78 is 15.7. The Morgan fingerprint density at radius 1 is 0.971 bits per heavy atom. The van der Waals surface area contributed by atoms with Gasteiger partial charge in [0.15, 0.2) is 5.82 Å². The molecular weight excluding hydrogens is 441 g/mol. The zero-order valence-electron chi connectivity index (χ0n) is 19.5. The van der Waals surface area contributed by atoms with Gasteiger partial charge in [-0.2, -0.15) is 4.39 Å². The average Bonchev–Trinajstić information content (AvgIpc) is 3.26. The number of hydrogen-bond donors (Lipinski definition) is 2. The maximum Gasteiger partial charge on any atom is 0.214 e. The summed E-state index contributed by atoms with van der Waals surface area (Å²) in [6, 6.07) is 10.9. The lowest BCUT2D eigenvalue weighted by Gasteiger charge is -2.57. The van der Waals surface area contributed by atoms with Crippen molar-refractivity contribution in [2.24, 2.45) is 17.8 Å². The normalized spacial score (nSPS) is 26.9. The molecule has 0 unspecified atom stereocenters. The van der Waals surface area contributed by atoms with Gasteiger partial charge in [0.1, 0.15) is 11.2 Å². The molecule has 4 aliphatic rings. The van der Waals surface area contributed by atoms with Crippen LogP contribution in [0.2, 0.25) is 0 Å². The van der Waals surface area contributed by atoms with Gasteiger partial charge in [-0.25, -0.2) is 14.5 Å². The Bertz CT molecular complexity index is 1350. The van der Waals surface area contributed by atoms with Gasteiger partial charge in [-0.1, -0.05) is 6.07 Å². The zero-order valence-corrected chi connectivity index (χ0v) is 19.5. The molecule has 4 aromatic heterocycles. The van der Waals surface area contributed by atoms with Crippen molar-refractivity contribution in [3.05, 3.63) is 66.5 Å². The van der Waals surface area contributed by atoms with Gasteiger partial charge in [-0.3, -0.25) is 4.98 Å². The van der Waals surface area contributed by atoms with Crippen LogP contribution in [0.15, 0.2) is 55.0 Å². The minimum Gasteiger partial charge on any atom is -0.338 e. The first kappa shape index (κ1) is 20.9. The van der Waals surface area contributed by atoms with Crippen molar-refractivity contribution >= 4 is 17.0 Å². The quantitative estimate of drug-likeness (QED) is 0.381. The van der Waals surface area contributed by atoms with Gasteiger partial charge >= 0.3 is 0 Å². The van der Waals surface area contributed by atoms with Crippen molar-refractivity contribution in [1.82, 2.24) is 29.9 Å². The third-order valence-electron chi connectivity index (χ3n) is 8.17. The van der Waals surface area contributed by atoms with Gasteiger partial charge in [0.05, 0.1) is 0 Å². The molecule has 0 aliphatic heterocycles. The molecule has 4 heterocycles. The number of anilines is 2. The molecule has 8 heteroatoms. The third kappa shape index (κ3) is 3.86. The van der Waals surface area contributed by atoms with E-state index in [0.29, 0.717) is 23.0 Å². The van der Waals surface area contributed by atoms with Crippen LogP contribution in [-0.4, -0.2) is 30.1 Å². The molecule has 4 aromatic rings. The van der Waals surface area contributed by atoms with E-state index in [-0.39, 0.29) is 5.54 Å². The maximum absolute atomic E-state index is 13.8. The van der Waals surface area contributed by atoms with E-state index in [0.717, 1.165) is 35.4 Å². The molecule has 8 rings (SSSR count). The van der Waals surface area contributed by atoms with Crippen molar-refractivity contribution in [3.8, 4) is 11.5 Å². The summed E-state index contributed by atoms with van der Waals surface area (Å²) in [4.78, 5) is 12.9. The molecule has 35 heavy (non-hydrogen) atoms. The van der Waals surface area contributed by atoms with Crippen LogP contribution >= 0.6 is 0 Å². The largest absolute Gasteiger partial charge is 0.338 e. The number of fused-ring (bicyclic) bond motifs is 1. The Morgan fingerprint density at radius 3 is 2.49 bits per heavy atom. The maximum atomic E-state index is 13.8. The third-order valence-corrected chi connectivity index (χ3v) is 8.17. The number of rotatable bonds is 6. The molecule has 178 valence electrons. The molecule has 0 atom stereocenters. The number of pyridine rings is 2. The Morgan fingerprint density at radius 2 is 1.77 bits per heavy atom. The fourth-order valence-corrected chi connectivity index (χ4v) is 7.15. The molecule has 4 fully saturated rings. The first-order valence-electron chi connectivity index (χ1n) is 12.6. The van der Waals surface area contributed by atoms with Crippen LogP contribution in [0.1, 0.15) is 44.1 Å². The summed E-state index contributed by atoms with van der Waals surface area (Å²) in [5, 5.41) is 12.0. The lowest BCUT2D eigenvalue weighted by molar-refractivity contribution is -0.0205. The fourth-order valence-electron chi connectivity index (χ4n) is 7.15. The van der Waals surface area contributed by atoms with Gasteiger partial charge in [0.2, 0.25) is 11.8 Å². The molecule has 0 saturated heterocycles. The number of nitrogens with zero attached hydrogens (tertiary/aromatic N) is 5. The lowest BCUT2D eigenvalue weighted by Crippen LogP contribution is -2.58. The Balaban J connectivity index is 1.25. The number of hydrogen-bond acceptors (Lipinski definition) is 6. The molecule has 7 nitrogen and oxygen atoms in total. The highest BCUT2D eigenvalue weighted by Gasteiger charge is 2.50. The van der Waals surface area contributed by atoms with E-state index < -0.39 is 5.95 Å². The molecule has 0 amide bonds. The van der Waals surface area contributed by atoms with E-state index in [2.05, 4.69) is 26.7 Å². The Labute approximate surface area is 203 Å². The van der Waals surface area contributed by atoms with Crippen LogP contribution in [0.3, 0.4) is 0 Å². The summed E-state index contributed by atoms with van der Waals surface area (Å²) in [5.74, 6) is 3.27.